The SMILES string of the molecule is CCC(C)NC(=O)C(Cc1ccccc1)N(Cc1ccc(Cl)cc1)C(=O)CN(C)S(=O)(=O)c1ccc2ccccc2c1. The van der Waals surface area contributed by atoms with E-state index in [-0.39, 0.29) is 29.8 Å². The molecule has 0 bridgehead atoms. The van der Waals surface area contributed by atoms with Crippen LogP contribution < -0.4 is 5.32 Å². The predicted molar refractivity (Wildman–Crippen MR) is 168 cm³/mol. The summed E-state index contributed by atoms with van der Waals surface area (Å²) in [6.07, 6.45) is 0.991. The van der Waals surface area contributed by atoms with Crippen molar-refractivity contribution in [3.8, 4) is 0 Å². The van der Waals surface area contributed by atoms with Crippen LogP contribution in [0.15, 0.2) is 102 Å². The Kier molecular flexibility index (Phi) is 10.4. The summed E-state index contributed by atoms with van der Waals surface area (Å²) in [4.78, 5) is 29.3. The molecule has 4 aromatic carbocycles. The molecule has 0 aliphatic carbocycles. The highest BCUT2D eigenvalue weighted by Crippen LogP contribution is 2.22. The lowest BCUT2D eigenvalue weighted by Gasteiger charge is -2.33. The molecule has 0 aliphatic heterocycles. The molecular formula is C33H36ClN3O4S. The lowest BCUT2D eigenvalue weighted by Crippen LogP contribution is -2.54. The van der Waals surface area contributed by atoms with E-state index in [2.05, 4.69) is 5.32 Å². The maximum absolute atomic E-state index is 14.0. The molecule has 1 N–H and O–H groups in total. The first-order chi connectivity index (χ1) is 20.1. The predicted octanol–water partition coefficient (Wildman–Crippen LogP) is 5.67. The zero-order chi connectivity index (χ0) is 30.3. The van der Waals surface area contributed by atoms with E-state index in [1.54, 1.807) is 42.5 Å². The summed E-state index contributed by atoms with van der Waals surface area (Å²) in [6.45, 7) is 3.54. The van der Waals surface area contributed by atoms with Crippen LogP contribution in [0.3, 0.4) is 0 Å². The van der Waals surface area contributed by atoms with Crippen LogP contribution >= 0.6 is 11.6 Å². The van der Waals surface area contributed by atoms with Gasteiger partial charge in [0.1, 0.15) is 6.04 Å². The first-order valence-corrected chi connectivity index (χ1v) is 15.7. The van der Waals surface area contributed by atoms with Gasteiger partial charge in [-0.15, -0.1) is 0 Å². The van der Waals surface area contributed by atoms with Gasteiger partial charge in [-0.25, -0.2) is 8.42 Å². The number of hydrogen-bond donors (Lipinski definition) is 1. The smallest absolute Gasteiger partial charge is 0.243 e. The van der Waals surface area contributed by atoms with Gasteiger partial charge in [-0.3, -0.25) is 9.59 Å². The second-order valence-corrected chi connectivity index (χ2v) is 12.9. The number of hydrogen-bond acceptors (Lipinski definition) is 4. The minimum Gasteiger partial charge on any atom is -0.352 e. The van der Waals surface area contributed by atoms with Gasteiger partial charge < -0.3 is 10.2 Å². The molecule has 7 nitrogen and oxygen atoms in total. The average Bonchev–Trinajstić information content (AvgIpc) is 2.99. The average molecular weight is 606 g/mol. The highest BCUT2D eigenvalue weighted by Gasteiger charge is 2.33. The van der Waals surface area contributed by atoms with Crippen molar-refractivity contribution in [1.82, 2.24) is 14.5 Å². The number of likely N-dealkylation sites (N-methyl/N-ethyl adjacent to an activating group) is 1. The van der Waals surface area contributed by atoms with Gasteiger partial charge in [0.15, 0.2) is 0 Å². The third-order valence-corrected chi connectivity index (χ3v) is 9.38. The number of carbonyl (C=O) groups excluding carboxylic acids is 2. The number of fused-ring (bicyclic) bond motifs is 1. The van der Waals surface area contributed by atoms with Crippen LogP contribution in [0.5, 0.6) is 0 Å². The van der Waals surface area contributed by atoms with E-state index in [0.717, 1.165) is 32.6 Å². The van der Waals surface area contributed by atoms with Crippen molar-refractivity contribution >= 4 is 44.2 Å². The number of nitrogens with zero attached hydrogens (tertiary/aromatic N) is 2. The molecule has 0 aliphatic rings. The molecule has 220 valence electrons. The zero-order valence-corrected chi connectivity index (χ0v) is 25.6. The highest BCUT2D eigenvalue weighted by molar-refractivity contribution is 7.89. The summed E-state index contributed by atoms with van der Waals surface area (Å²) in [7, 11) is -2.61. The summed E-state index contributed by atoms with van der Waals surface area (Å²) in [5.74, 6) is -0.785. The Balaban J connectivity index is 1.67. The lowest BCUT2D eigenvalue weighted by molar-refractivity contribution is -0.141. The molecule has 0 saturated carbocycles. The molecule has 0 radical (unpaired) electrons. The van der Waals surface area contributed by atoms with Crippen LogP contribution in [0.1, 0.15) is 31.4 Å². The Morgan fingerprint density at radius 1 is 0.857 bits per heavy atom. The van der Waals surface area contributed by atoms with Crippen LogP contribution in [-0.2, 0) is 32.6 Å². The third kappa shape index (κ3) is 7.76. The van der Waals surface area contributed by atoms with Crippen molar-refractivity contribution in [1.29, 1.82) is 0 Å². The van der Waals surface area contributed by atoms with Crippen molar-refractivity contribution < 1.29 is 18.0 Å². The second kappa shape index (κ2) is 14.0. The van der Waals surface area contributed by atoms with E-state index in [4.69, 9.17) is 11.6 Å². The fourth-order valence-corrected chi connectivity index (χ4v) is 5.94. The van der Waals surface area contributed by atoms with E-state index in [1.807, 2.05) is 68.4 Å². The Hall–Kier alpha value is -3.72. The lowest BCUT2D eigenvalue weighted by atomic mass is 10.0. The number of amides is 2. The van der Waals surface area contributed by atoms with E-state index in [1.165, 1.54) is 11.9 Å². The molecule has 0 heterocycles. The monoisotopic (exact) mass is 605 g/mol. The van der Waals surface area contributed by atoms with Gasteiger partial charge in [0, 0.05) is 31.1 Å². The molecule has 2 unspecified atom stereocenters. The van der Waals surface area contributed by atoms with Gasteiger partial charge in [0.25, 0.3) is 0 Å². The van der Waals surface area contributed by atoms with Crippen LogP contribution in [0.2, 0.25) is 5.02 Å². The van der Waals surface area contributed by atoms with Gasteiger partial charge in [0.05, 0.1) is 11.4 Å². The van der Waals surface area contributed by atoms with Gasteiger partial charge in [-0.1, -0.05) is 91.3 Å². The summed E-state index contributed by atoms with van der Waals surface area (Å²) in [6, 6.07) is 27.9. The van der Waals surface area contributed by atoms with Crippen molar-refractivity contribution in [3.63, 3.8) is 0 Å². The minimum absolute atomic E-state index is 0.0936. The zero-order valence-electron chi connectivity index (χ0n) is 24.0. The molecule has 0 aromatic heterocycles. The molecule has 0 spiro atoms. The number of nitrogens with one attached hydrogen (secondary N) is 1. The van der Waals surface area contributed by atoms with Crippen molar-refractivity contribution in [3.05, 3.63) is 113 Å². The third-order valence-electron chi connectivity index (χ3n) is 7.33. The fraction of sp³-hybridized carbons (Fsp3) is 0.273. The summed E-state index contributed by atoms with van der Waals surface area (Å²) < 4.78 is 28.2. The van der Waals surface area contributed by atoms with Crippen LogP contribution in [0.25, 0.3) is 10.8 Å². The van der Waals surface area contributed by atoms with E-state index < -0.39 is 28.5 Å². The Morgan fingerprint density at radius 2 is 1.50 bits per heavy atom. The van der Waals surface area contributed by atoms with Crippen molar-refractivity contribution in [2.45, 2.75) is 50.2 Å². The van der Waals surface area contributed by atoms with Crippen molar-refractivity contribution in [2.24, 2.45) is 0 Å². The summed E-state index contributed by atoms with van der Waals surface area (Å²) >= 11 is 6.10. The van der Waals surface area contributed by atoms with Crippen LogP contribution in [0, 0.1) is 0 Å². The second-order valence-electron chi connectivity index (χ2n) is 10.4. The molecular weight excluding hydrogens is 570 g/mol. The Morgan fingerprint density at radius 3 is 2.17 bits per heavy atom. The number of sulfonamides is 1. The molecule has 2 amide bonds. The van der Waals surface area contributed by atoms with Gasteiger partial charge in [0.2, 0.25) is 21.8 Å². The maximum atomic E-state index is 14.0. The summed E-state index contributed by atoms with van der Waals surface area (Å²) in [5, 5.41) is 5.27. The van der Waals surface area contributed by atoms with E-state index in [0.29, 0.717) is 5.02 Å². The van der Waals surface area contributed by atoms with Crippen LogP contribution in [0.4, 0.5) is 0 Å². The number of carbonyl (C=O) groups is 2. The normalized spacial score (nSPS) is 13.1. The molecule has 42 heavy (non-hydrogen) atoms. The summed E-state index contributed by atoms with van der Waals surface area (Å²) in [5.41, 5.74) is 1.65. The highest BCUT2D eigenvalue weighted by atomic mass is 35.5. The molecule has 9 heteroatoms. The Labute approximate surface area is 253 Å². The van der Waals surface area contributed by atoms with Gasteiger partial charge in [-0.05, 0) is 59.5 Å². The van der Waals surface area contributed by atoms with E-state index >= 15 is 0 Å². The standard InChI is InChI=1S/C33H36ClN3O4S/c1-4-24(2)35-33(39)31(20-25-10-6-5-7-11-25)37(22-26-14-17-29(34)18-15-26)32(38)23-36(3)42(40,41)30-19-16-27-12-8-9-13-28(27)21-30/h5-19,21,24,31H,4,20,22-23H2,1-3H3,(H,35,39). The Bertz CT molecular complexity index is 1630. The fourth-order valence-electron chi connectivity index (χ4n) is 4.66. The first-order valence-electron chi connectivity index (χ1n) is 13.9. The first kappa shape index (κ1) is 31.2. The molecule has 2 atom stereocenters. The topological polar surface area (TPSA) is 86.8 Å². The molecule has 0 fully saturated rings. The number of benzene rings is 4. The maximum Gasteiger partial charge on any atom is 0.243 e. The quantitative estimate of drug-likeness (QED) is 0.225. The largest absolute Gasteiger partial charge is 0.352 e. The molecule has 4 aromatic rings. The molecule has 4 rings (SSSR count). The molecule has 0 saturated heterocycles. The number of rotatable bonds is 12. The van der Waals surface area contributed by atoms with Crippen molar-refractivity contribution in [2.75, 3.05) is 13.6 Å². The van der Waals surface area contributed by atoms with E-state index in [9.17, 15) is 18.0 Å². The number of halogens is 1. The minimum atomic E-state index is -4.00. The van der Waals surface area contributed by atoms with Gasteiger partial charge >= 0.3 is 0 Å². The van der Waals surface area contributed by atoms with Crippen LogP contribution in [-0.4, -0.2) is 55.1 Å². The van der Waals surface area contributed by atoms with Gasteiger partial charge in [-0.2, -0.15) is 4.31 Å².